The van der Waals surface area contributed by atoms with E-state index in [1.165, 1.54) is 6.08 Å². The fourth-order valence-corrected chi connectivity index (χ4v) is 1.61. The number of carbonyl (C=O) groups is 1. The van der Waals surface area contributed by atoms with E-state index in [1.54, 1.807) is 26.1 Å². The van der Waals surface area contributed by atoms with Crippen LogP contribution in [0.25, 0.3) is 17.4 Å². The zero-order chi connectivity index (χ0) is 13.7. The van der Waals surface area contributed by atoms with Crippen LogP contribution in [0.5, 0.6) is 0 Å². The summed E-state index contributed by atoms with van der Waals surface area (Å²) >= 11 is 0. The molecule has 0 atom stereocenters. The molecule has 0 amide bonds. The molecule has 2 rings (SSSR count). The average molecular weight is 257 g/mol. The first-order chi connectivity index (χ1) is 9.19. The standard InChI is InChI=1S/C15H15NO3/c1-3-18-15(17)9-6-12-4-7-13(8-5-12)14-10-16-11(2)19-14/h4-10H,3H2,1-2H3/b9-6+. The fourth-order valence-electron chi connectivity index (χ4n) is 1.61. The van der Waals surface area contributed by atoms with Gasteiger partial charge in [0.15, 0.2) is 11.7 Å². The third kappa shape index (κ3) is 3.55. The molecule has 1 aromatic carbocycles. The smallest absolute Gasteiger partial charge is 0.330 e. The highest BCUT2D eigenvalue weighted by Crippen LogP contribution is 2.20. The van der Waals surface area contributed by atoms with Crippen LogP contribution >= 0.6 is 0 Å². The molecule has 0 aliphatic rings. The minimum atomic E-state index is -0.336. The molecule has 0 spiro atoms. The summed E-state index contributed by atoms with van der Waals surface area (Å²) in [6.07, 6.45) is 4.82. The topological polar surface area (TPSA) is 52.3 Å². The first kappa shape index (κ1) is 13.1. The molecule has 0 saturated heterocycles. The predicted molar refractivity (Wildman–Crippen MR) is 72.3 cm³/mol. The molecule has 0 unspecified atom stereocenters. The molecule has 2 aromatic rings. The Balaban J connectivity index is 2.08. The van der Waals surface area contributed by atoms with Crippen LogP contribution in [0.15, 0.2) is 41.0 Å². The molecule has 19 heavy (non-hydrogen) atoms. The van der Waals surface area contributed by atoms with E-state index in [0.717, 1.165) is 16.9 Å². The predicted octanol–water partition coefficient (Wildman–Crippen LogP) is 3.23. The Labute approximate surface area is 111 Å². The van der Waals surface area contributed by atoms with Crippen molar-refractivity contribution in [1.29, 1.82) is 0 Å². The monoisotopic (exact) mass is 257 g/mol. The number of nitrogens with zero attached hydrogens (tertiary/aromatic N) is 1. The van der Waals surface area contributed by atoms with Gasteiger partial charge in [0.2, 0.25) is 0 Å². The van der Waals surface area contributed by atoms with E-state index in [0.29, 0.717) is 12.5 Å². The number of carbonyl (C=O) groups excluding carboxylic acids is 1. The van der Waals surface area contributed by atoms with E-state index >= 15 is 0 Å². The van der Waals surface area contributed by atoms with Gasteiger partial charge in [-0.05, 0) is 18.6 Å². The molecule has 0 saturated carbocycles. The number of hydrogen-bond donors (Lipinski definition) is 0. The molecule has 0 radical (unpaired) electrons. The number of rotatable bonds is 4. The van der Waals surface area contributed by atoms with Gasteiger partial charge in [-0.15, -0.1) is 0 Å². The summed E-state index contributed by atoms with van der Waals surface area (Å²) in [6, 6.07) is 7.65. The highest BCUT2D eigenvalue weighted by atomic mass is 16.5. The SMILES string of the molecule is CCOC(=O)/C=C/c1ccc(-c2cnc(C)o2)cc1. The number of ether oxygens (including phenoxy) is 1. The van der Waals surface area contributed by atoms with Gasteiger partial charge in [-0.2, -0.15) is 0 Å². The van der Waals surface area contributed by atoms with E-state index in [2.05, 4.69) is 4.98 Å². The molecule has 1 heterocycles. The number of oxazole rings is 1. The van der Waals surface area contributed by atoms with Crippen LogP contribution < -0.4 is 0 Å². The van der Waals surface area contributed by atoms with Crippen molar-refractivity contribution in [3.8, 4) is 11.3 Å². The number of hydrogen-bond acceptors (Lipinski definition) is 4. The lowest BCUT2D eigenvalue weighted by atomic mass is 10.1. The minimum Gasteiger partial charge on any atom is -0.463 e. The van der Waals surface area contributed by atoms with E-state index in [1.807, 2.05) is 24.3 Å². The van der Waals surface area contributed by atoms with Gasteiger partial charge in [-0.1, -0.05) is 24.3 Å². The van der Waals surface area contributed by atoms with E-state index in [9.17, 15) is 4.79 Å². The van der Waals surface area contributed by atoms with Gasteiger partial charge < -0.3 is 9.15 Å². The van der Waals surface area contributed by atoms with Crippen LogP contribution in [-0.4, -0.2) is 17.6 Å². The van der Waals surface area contributed by atoms with Gasteiger partial charge in [-0.3, -0.25) is 0 Å². The van der Waals surface area contributed by atoms with Crippen molar-refractivity contribution in [2.24, 2.45) is 0 Å². The zero-order valence-electron chi connectivity index (χ0n) is 10.9. The molecule has 4 heteroatoms. The van der Waals surface area contributed by atoms with Crippen LogP contribution in [0, 0.1) is 6.92 Å². The van der Waals surface area contributed by atoms with Crippen molar-refractivity contribution in [1.82, 2.24) is 4.98 Å². The van der Waals surface area contributed by atoms with Gasteiger partial charge in [0.05, 0.1) is 12.8 Å². The Morgan fingerprint density at radius 1 is 1.37 bits per heavy atom. The van der Waals surface area contributed by atoms with Crippen LogP contribution in [-0.2, 0) is 9.53 Å². The molecule has 4 nitrogen and oxygen atoms in total. The van der Waals surface area contributed by atoms with Gasteiger partial charge in [-0.25, -0.2) is 9.78 Å². The Kier molecular flexibility index (Phi) is 4.13. The summed E-state index contributed by atoms with van der Waals surface area (Å²) in [4.78, 5) is 15.2. The molecule has 0 aliphatic carbocycles. The summed E-state index contributed by atoms with van der Waals surface area (Å²) < 4.78 is 10.2. The third-order valence-electron chi connectivity index (χ3n) is 2.51. The van der Waals surface area contributed by atoms with Crippen molar-refractivity contribution in [2.75, 3.05) is 6.61 Å². The zero-order valence-corrected chi connectivity index (χ0v) is 10.9. The van der Waals surface area contributed by atoms with Crippen molar-refractivity contribution in [3.63, 3.8) is 0 Å². The Bertz CT molecular complexity index is 582. The quantitative estimate of drug-likeness (QED) is 0.623. The number of esters is 1. The first-order valence-electron chi connectivity index (χ1n) is 6.06. The van der Waals surface area contributed by atoms with Crippen LogP contribution in [0.4, 0.5) is 0 Å². The number of aryl methyl sites for hydroxylation is 1. The molecular weight excluding hydrogens is 242 g/mol. The second-order valence-electron chi connectivity index (χ2n) is 3.95. The van der Waals surface area contributed by atoms with Crippen molar-refractivity contribution < 1.29 is 13.9 Å². The highest BCUT2D eigenvalue weighted by molar-refractivity contribution is 5.87. The fraction of sp³-hybridized carbons (Fsp3) is 0.200. The number of benzene rings is 1. The van der Waals surface area contributed by atoms with Gasteiger partial charge in [0.1, 0.15) is 0 Å². The highest BCUT2D eigenvalue weighted by Gasteiger charge is 2.02. The van der Waals surface area contributed by atoms with E-state index in [4.69, 9.17) is 9.15 Å². The van der Waals surface area contributed by atoms with Crippen LogP contribution in [0.1, 0.15) is 18.4 Å². The first-order valence-corrected chi connectivity index (χ1v) is 6.06. The number of aromatic nitrogens is 1. The lowest BCUT2D eigenvalue weighted by Crippen LogP contribution is -1.98. The molecule has 0 fully saturated rings. The average Bonchev–Trinajstić information content (AvgIpc) is 2.84. The Hall–Kier alpha value is -2.36. The molecule has 0 N–H and O–H groups in total. The maximum absolute atomic E-state index is 11.2. The lowest BCUT2D eigenvalue weighted by molar-refractivity contribution is -0.137. The van der Waals surface area contributed by atoms with Gasteiger partial charge in [0, 0.05) is 18.6 Å². The summed E-state index contributed by atoms with van der Waals surface area (Å²) in [6.45, 7) is 3.97. The molecule has 0 bridgehead atoms. The van der Waals surface area contributed by atoms with Gasteiger partial charge >= 0.3 is 5.97 Å². The molecule has 98 valence electrons. The Morgan fingerprint density at radius 3 is 2.68 bits per heavy atom. The lowest BCUT2D eigenvalue weighted by Gasteiger charge is -1.98. The third-order valence-corrected chi connectivity index (χ3v) is 2.51. The second kappa shape index (κ2) is 6.00. The van der Waals surface area contributed by atoms with Crippen molar-refractivity contribution in [3.05, 3.63) is 48.0 Å². The van der Waals surface area contributed by atoms with E-state index in [-0.39, 0.29) is 5.97 Å². The molecule has 1 aromatic heterocycles. The van der Waals surface area contributed by atoms with E-state index < -0.39 is 0 Å². The maximum atomic E-state index is 11.2. The van der Waals surface area contributed by atoms with Gasteiger partial charge in [0.25, 0.3) is 0 Å². The van der Waals surface area contributed by atoms with Crippen molar-refractivity contribution in [2.45, 2.75) is 13.8 Å². The largest absolute Gasteiger partial charge is 0.463 e. The summed E-state index contributed by atoms with van der Waals surface area (Å²) in [7, 11) is 0. The summed E-state index contributed by atoms with van der Waals surface area (Å²) in [5.74, 6) is 1.04. The van der Waals surface area contributed by atoms with Crippen LogP contribution in [0.2, 0.25) is 0 Å². The second-order valence-corrected chi connectivity index (χ2v) is 3.95. The maximum Gasteiger partial charge on any atom is 0.330 e. The molecule has 0 aliphatic heterocycles. The Morgan fingerprint density at radius 2 is 2.11 bits per heavy atom. The summed E-state index contributed by atoms with van der Waals surface area (Å²) in [5, 5.41) is 0. The molecular formula is C15H15NO3. The normalized spacial score (nSPS) is 10.8. The summed E-state index contributed by atoms with van der Waals surface area (Å²) in [5.41, 5.74) is 1.88. The minimum absolute atomic E-state index is 0.336. The van der Waals surface area contributed by atoms with Crippen LogP contribution in [0.3, 0.4) is 0 Å². The van der Waals surface area contributed by atoms with Crippen molar-refractivity contribution >= 4 is 12.0 Å².